The summed E-state index contributed by atoms with van der Waals surface area (Å²) in [7, 11) is 0. The van der Waals surface area contributed by atoms with Crippen molar-refractivity contribution in [3.05, 3.63) is 71.9 Å². The maximum absolute atomic E-state index is 5.97. The van der Waals surface area contributed by atoms with Crippen LogP contribution in [0.5, 0.6) is 0 Å². The van der Waals surface area contributed by atoms with Gasteiger partial charge in [-0.05, 0) is 30.5 Å². The van der Waals surface area contributed by atoms with Crippen molar-refractivity contribution in [3.8, 4) is 0 Å². The lowest BCUT2D eigenvalue weighted by Gasteiger charge is -2.05. The van der Waals surface area contributed by atoms with E-state index in [1.54, 1.807) is 0 Å². The van der Waals surface area contributed by atoms with Crippen LogP contribution in [0.25, 0.3) is 10.9 Å². The van der Waals surface area contributed by atoms with Gasteiger partial charge in [-0.2, -0.15) is 0 Å². The molecule has 0 saturated carbocycles. The van der Waals surface area contributed by atoms with E-state index in [9.17, 15) is 0 Å². The van der Waals surface area contributed by atoms with E-state index in [1.807, 2.05) is 0 Å². The highest BCUT2D eigenvalue weighted by atomic mass is 35.5. The third-order valence-corrected chi connectivity index (χ3v) is 3.61. The minimum absolute atomic E-state index is 0. The van der Waals surface area contributed by atoms with Crippen molar-refractivity contribution in [1.82, 2.24) is 4.57 Å². The molecule has 2 nitrogen and oxygen atoms in total. The highest BCUT2D eigenvalue weighted by Crippen LogP contribution is 2.23. The second-order valence-corrected chi connectivity index (χ2v) is 5.47. The Morgan fingerprint density at radius 3 is 2.38 bits per heavy atom. The molecule has 3 aromatic rings. The molecule has 1 heterocycles. The number of benzene rings is 2. The SMILES string of the molecule is CC(N)Cc1cn(Cc2ccccc2)c2ccccc12.Cl. The van der Waals surface area contributed by atoms with Crippen LogP contribution < -0.4 is 5.73 Å². The van der Waals surface area contributed by atoms with Gasteiger partial charge in [-0.25, -0.2) is 0 Å². The van der Waals surface area contributed by atoms with Crippen molar-refractivity contribution in [2.75, 3.05) is 0 Å². The number of hydrogen-bond donors (Lipinski definition) is 1. The Morgan fingerprint density at radius 1 is 1.00 bits per heavy atom. The zero-order chi connectivity index (χ0) is 13.9. The maximum atomic E-state index is 5.97. The van der Waals surface area contributed by atoms with Crippen LogP contribution in [0.15, 0.2) is 60.8 Å². The van der Waals surface area contributed by atoms with Crippen molar-refractivity contribution in [1.29, 1.82) is 0 Å². The number of rotatable bonds is 4. The van der Waals surface area contributed by atoms with Crippen LogP contribution in [0, 0.1) is 0 Å². The lowest BCUT2D eigenvalue weighted by molar-refractivity contribution is 0.735. The monoisotopic (exact) mass is 300 g/mol. The average Bonchev–Trinajstić information content (AvgIpc) is 2.78. The summed E-state index contributed by atoms with van der Waals surface area (Å²) in [6.07, 6.45) is 3.17. The Morgan fingerprint density at radius 2 is 1.67 bits per heavy atom. The lowest BCUT2D eigenvalue weighted by atomic mass is 10.1. The first-order chi connectivity index (χ1) is 9.74. The molecule has 0 bridgehead atoms. The molecular weight excluding hydrogens is 280 g/mol. The third-order valence-electron chi connectivity index (χ3n) is 3.61. The molecule has 1 aromatic heterocycles. The van der Waals surface area contributed by atoms with Crippen LogP contribution in [-0.4, -0.2) is 10.6 Å². The topological polar surface area (TPSA) is 30.9 Å². The number of aromatic nitrogens is 1. The van der Waals surface area contributed by atoms with Gasteiger partial charge in [0.1, 0.15) is 0 Å². The van der Waals surface area contributed by atoms with Gasteiger partial charge in [0.05, 0.1) is 0 Å². The van der Waals surface area contributed by atoms with Gasteiger partial charge in [0.2, 0.25) is 0 Å². The smallest absolute Gasteiger partial charge is 0.0486 e. The fourth-order valence-electron chi connectivity index (χ4n) is 2.74. The molecule has 0 fully saturated rings. The molecule has 3 heteroatoms. The molecule has 0 aliphatic heterocycles. The molecule has 2 aromatic carbocycles. The number of fused-ring (bicyclic) bond motifs is 1. The molecule has 0 spiro atoms. The highest BCUT2D eigenvalue weighted by Gasteiger charge is 2.09. The predicted octanol–water partition coefficient (Wildman–Crippen LogP) is 4.00. The molecule has 110 valence electrons. The number of hydrogen-bond acceptors (Lipinski definition) is 1. The first kappa shape index (κ1) is 15.6. The predicted molar refractivity (Wildman–Crippen MR) is 92.1 cm³/mol. The summed E-state index contributed by atoms with van der Waals surface area (Å²) in [6, 6.07) is 19.3. The Bertz CT molecular complexity index is 702. The molecular formula is C18H21ClN2. The van der Waals surface area contributed by atoms with Gasteiger partial charge in [0, 0.05) is 29.7 Å². The third kappa shape index (κ3) is 3.46. The van der Waals surface area contributed by atoms with Crippen molar-refractivity contribution in [2.45, 2.75) is 25.9 Å². The standard InChI is InChI=1S/C18H20N2.ClH/c1-14(19)11-16-13-20(12-15-7-3-2-4-8-15)18-10-6-5-9-17(16)18;/h2-10,13-14H,11-12,19H2,1H3;1H. The van der Waals surface area contributed by atoms with E-state index in [4.69, 9.17) is 5.73 Å². The zero-order valence-electron chi connectivity index (χ0n) is 12.2. The van der Waals surface area contributed by atoms with Crippen LogP contribution in [-0.2, 0) is 13.0 Å². The second kappa shape index (κ2) is 6.79. The number of para-hydroxylation sites is 1. The van der Waals surface area contributed by atoms with Gasteiger partial charge in [0.15, 0.2) is 0 Å². The lowest BCUT2D eigenvalue weighted by Crippen LogP contribution is -2.17. The zero-order valence-corrected chi connectivity index (χ0v) is 13.0. The molecule has 1 unspecified atom stereocenters. The van der Waals surface area contributed by atoms with Gasteiger partial charge in [-0.1, -0.05) is 48.5 Å². The number of halogens is 1. The summed E-state index contributed by atoms with van der Waals surface area (Å²) >= 11 is 0. The first-order valence-electron chi connectivity index (χ1n) is 7.10. The van der Waals surface area contributed by atoms with Gasteiger partial charge in [-0.15, -0.1) is 12.4 Å². The first-order valence-corrected chi connectivity index (χ1v) is 7.10. The van der Waals surface area contributed by atoms with Crippen molar-refractivity contribution < 1.29 is 0 Å². The van der Waals surface area contributed by atoms with Crippen molar-refractivity contribution in [3.63, 3.8) is 0 Å². The fourth-order valence-corrected chi connectivity index (χ4v) is 2.74. The summed E-state index contributed by atoms with van der Waals surface area (Å²) in [5.74, 6) is 0. The summed E-state index contributed by atoms with van der Waals surface area (Å²) < 4.78 is 2.32. The quantitative estimate of drug-likeness (QED) is 0.775. The van der Waals surface area contributed by atoms with Gasteiger partial charge in [-0.3, -0.25) is 0 Å². The fraction of sp³-hybridized carbons (Fsp3) is 0.222. The van der Waals surface area contributed by atoms with E-state index in [0.717, 1.165) is 13.0 Å². The van der Waals surface area contributed by atoms with Crippen LogP contribution in [0.2, 0.25) is 0 Å². The van der Waals surface area contributed by atoms with E-state index in [2.05, 4.69) is 72.3 Å². The van der Waals surface area contributed by atoms with Gasteiger partial charge < -0.3 is 10.3 Å². The van der Waals surface area contributed by atoms with E-state index >= 15 is 0 Å². The molecule has 21 heavy (non-hydrogen) atoms. The number of nitrogens with zero attached hydrogens (tertiary/aromatic N) is 1. The summed E-state index contributed by atoms with van der Waals surface area (Å²) in [6.45, 7) is 2.96. The summed E-state index contributed by atoms with van der Waals surface area (Å²) in [5.41, 5.74) is 9.91. The largest absolute Gasteiger partial charge is 0.343 e. The molecule has 0 radical (unpaired) electrons. The van der Waals surface area contributed by atoms with E-state index < -0.39 is 0 Å². The van der Waals surface area contributed by atoms with Crippen LogP contribution in [0.1, 0.15) is 18.1 Å². The van der Waals surface area contributed by atoms with Crippen molar-refractivity contribution in [2.24, 2.45) is 5.73 Å². The van der Waals surface area contributed by atoms with Crippen molar-refractivity contribution >= 4 is 23.3 Å². The average molecular weight is 301 g/mol. The minimum Gasteiger partial charge on any atom is -0.343 e. The maximum Gasteiger partial charge on any atom is 0.0486 e. The molecule has 3 rings (SSSR count). The molecule has 1 atom stereocenters. The highest BCUT2D eigenvalue weighted by molar-refractivity contribution is 5.85. The van der Waals surface area contributed by atoms with Gasteiger partial charge in [0.25, 0.3) is 0 Å². The Labute approximate surface area is 132 Å². The molecule has 0 amide bonds. The van der Waals surface area contributed by atoms with Gasteiger partial charge >= 0.3 is 0 Å². The Balaban J connectivity index is 0.00000161. The molecule has 0 aliphatic rings. The molecule has 0 aliphatic carbocycles. The normalized spacial score (nSPS) is 12.1. The summed E-state index contributed by atoms with van der Waals surface area (Å²) in [4.78, 5) is 0. The second-order valence-electron chi connectivity index (χ2n) is 5.47. The Kier molecular flexibility index (Phi) is 5.05. The van der Waals surface area contributed by atoms with E-state index in [-0.39, 0.29) is 18.4 Å². The minimum atomic E-state index is 0. The van der Waals surface area contributed by atoms with E-state index in [1.165, 1.54) is 22.0 Å². The number of nitrogens with two attached hydrogens (primary N) is 1. The molecule has 2 N–H and O–H groups in total. The van der Waals surface area contributed by atoms with E-state index in [0.29, 0.717) is 0 Å². The van der Waals surface area contributed by atoms with Crippen LogP contribution in [0.3, 0.4) is 0 Å². The molecule has 0 saturated heterocycles. The summed E-state index contributed by atoms with van der Waals surface area (Å²) in [5, 5.41) is 1.32. The Hall–Kier alpha value is -1.77. The van der Waals surface area contributed by atoms with Crippen LogP contribution >= 0.6 is 12.4 Å². The van der Waals surface area contributed by atoms with Crippen LogP contribution in [0.4, 0.5) is 0 Å².